The zero-order valence-electron chi connectivity index (χ0n) is 8.75. The van der Waals surface area contributed by atoms with Gasteiger partial charge in [-0.3, -0.25) is 0 Å². The van der Waals surface area contributed by atoms with Crippen LogP contribution in [0.3, 0.4) is 0 Å². The Kier molecular flexibility index (Phi) is 3.86. The van der Waals surface area contributed by atoms with Crippen molar-refractivity contribution in [2.75, 3.05) is 7.11 Å². The van der Waals surface area contributed by atoms with Crippen LogP contribution >= 0.6 is 39.1 Å². The van der Waals surface area contributed by atoms with Crippen LogP contribution in [-0.2, 0) is 0 Å². The van der Waals surface area contributed by atoms with Crippen molar-refractivity contribution in [3.63, 3.8) is 0 Å². The maximum absolute atomic E-state index is 5.92. The van der Waals surface area contributed by atoms with Crippen molar-refractivity contribution in [1.82, 2.24) is 9.97 Å². The van der Waals surface area contributed by atoms with Crippen LogP contribution in [0.5, 0.6) is 5.75 Å². The van der Waals surface area contributed by atoms with Crippen molar-refractivity contribution in [3.05, 3.63) is 39.0 Å². The van der Waals surface area contributed by atoms with Gasteiger partial charge in [0.1, 0.15) is 16.1 Å². The predicted molar refractivity (Wildman–Crippen MR) is 71.7 cm³/mol. The molecule has 1 aromatic carbocycles. The van der Waals surface area contributed by atoms with E-state index in [1.54, 1.807) is 7.11 Å². The Morgan fingerprint density at radius 2 is 1.59 bits per heavy atom. The molecule has 0 N–H and O–H groups in total. The van der Waals surface area contributed by atoms with Crippen molar-refractivity contribution in [2.45, 2.75) is 0 Å². The second-order valence-corrected chi connectivity index (χ2v) is 4.68. The number of hydrogen-bond donors (Lipinski definition) is 0. The number of nitrogens with zero attached hydrogens (tertiary/aromatic N) is 2. The van der Waals surface area contributed by atoms with Crippen LogP contribution in [-0.4, -0.2) is 17.1 Å². The van der Waals surface area contributed by atoms with Gasteiger partial charge in [-0.1, -0.05) is 23.2 Å². The normalized spacial score (nSPS) is 10.4. The van der Waals surface area contributed by atoms with Gasteiger partial charge in [0, 0.05) is 5.56 Å². The Balaban J connectivity index is 2.45. The van der Waals surface area contributed by atoms with Gasteiger partial charge < -0.3 is 4.74 Å². The first kappa shape index (κ1) is 12.6. The van der Waals surface area contributed by atoms with E-state index in [-0.39, 0.29) is 10.3 Å². The molecular formula is C11H7BrCl2N2O. The first-order valence-corrected chi connectivity index (χ1v) is 6.19. The average molecular weight is 334 g/mol. The fourth-order valence-electron chi connectivity index (χ4n) is 1.26. The van der Waals surface area contributed by atoms with Crippen molar-refractivity contribution in [3.8, 4) is 17.1 Å². The van der Waals surface area contributed by atoms with Gasteiger partial charge in [-0.15, -0.1) is 0 Å². The summed E-state index contributed by atoms with van der Waals surface area (Å²) in [5.41, 5.74) is 0.821. The minimum atomic E-state index is 0.288. The molecular weight excluding hydrogens is 327 g/mol. The zero-order chi connectivity index (χ0) is 12.4. The Morgan fingerprint density at radius 3 is 2.06 bits per heavy atom. The first-order valence-electron chi connectivity index (χ1n) is 4.65. The number of hydrogen-bond acceptors (Lipinski definition) is 3. The molecule has 0 radical (unpaired) electrons. The van der Waals surface area contributed by atoms with Gasteiger partial charge in [0.15, 0.2) is 5.82 Å². The van der Waals surface area contributed by atoms with Crippen LogP contribution in [0, 0.1) is 0 Å². The highest BCUT2D eigenvalue weighted by Crippen LogP contribution is 2.30. The van der Waals surface area contributed by atoms with E-state index >= 15 is 0 Å². The van der Waals surface area contributed by atoms with Crippen LogP contribution in [0.15, 0.2) is 28.7 Å². The molecule has 0 amide bonds. The topological polar surface area (TPSA) is 35.0 Å². The lowest BCUT2D eigenvalue weighted by atomic mass is 10.2. The second kappa shape index (κ2) is 5.21. The predicted octanol–water partition coefficient (Wildman–Crippen LogP) is 4.22. The summed E-state index contributed by atoms with van der Waals surface area (Å²) in [7, 11) is 1.61. The van der Waals surface area contributed by atoms with E-state index in [4.69, 9.17) is 27.9 Å². The number of methoxy groups -OCH3 is 1. The second-order valence-electron chi connectivity index (χ2n) is 3.17. The molecule has 6 heteroatoms. The average Bonchev–Trinajstić information content (AvgIpc) is 2.35. The van der Waals surface area contributed by atoms with Gasteiger partial charge in [-0.25, -0.2) is 9.97 Å². The molecule has 0 saturated heterocycles. The van der Waals surface area contributed by atoms with Crippen molar-refractivity contribution in [1.29, 1.82) is 0 Å². The van der Waals surface area contributed by atoms with Crippen LogP contribution in [0.1, 0.15) is 0 Å². The molecule has 0 unspecified atom stereocenters. The Hall–Kier alpha value is -0.840. The van der Waals surface area contributed by atoms with Gasteiger partial charge in [0.25, 0.3) is 0 Å². The molecule has 2 rings (SSSR count). The lowest BCUT2D eigenvalue weighted by molar-refractivity contribution is 0.415. The molecule has 0 atom stereocenters. The molecule has 0 aliphatic carbocycles. The molecule has 17 heavy (non-hydrogen) atoms. The van der Waals surface area contributed by atoms with Gasteiger partial charge >= 0.3 is 0 Å². The highest BCUT2D eigenvalue weighted by Gasteiger charge is 2.10. The summed E-state index contributed by atoms with van der Waals surface area (Å²) in [6.07, 6.45) is 0. The third kappa shape index (κ3) is 2.70. The third-order valence-electron chi connectivity index (χ3n) is 2.12. The van der Waals surface area contributed by atoms with E-state index in [2.05, 4.69) is 25.9 Å². The van der Waals surface area contributed by atoms with E-state index in [0.717, 1.165) is 11.3 Å². The van der Waals surface area contributed by atoms with Gasteiger partial charge in [0.05, 0.1) is 11.6 Å². The highest BCUT2D eigenvalue weighted by molar-refractivity contribution is 9.10. The summed E-state index contributed by atoms with van der Waals surface area (Å²) in [5.74, 6) is 1.24. The third-order valence-corrected chi connectivity index (χ3v) is 3.87. The highest BCUT2D eigenvalue weighted by atomic mass is 79.9. The van der Waals surface area contributed by atoms with Crippen LogP contribution in [0.2, 0.25) is 10.3 Å². The summed E-state index contributed by atoms with van der Waals surface area (Å²) < 4.78 is 5.57. The zero-order valence-corrected chi connectivity index (χ0v) is 11.8. The van der Waals surface area contributed by atoms with E-state index < -0.39 is 0 Å². The minimum Gasteiger partial charge on any atom is -0.497 e. The summed E-state index contributed by atoms with van der Waals surface area (Å²) in [5, 5.41) is 0.576. The Labute approximate surface area is 117 Å². The Morgan fingerprint density at radius 1 is 1.06 bits per heavy atom. The molecule has 0 bridgehead atoms. The van der Waals surface area contributed by atoms with Gasteiger partial charge in [0.2, 0.25) is 0 Å². The number of halogens is 3. The summed E-state index contributed by atoms with van der Waals surface area (Å²) in [6.45, 7) is 0. The van der Waals surface area contributed by atoms with E-state index in [1.165, 1.54) is 0 Å². The lowest BCUT2D eigenvalue weighted by Crippen LogP contribution is -1.92. The van der Waals surface area contributed by atoms with Crippen LogP contribution in [0.25, 0.3) is 11.4 Å². The molecule has 0 saturated carbocycles. The molecule has 3 nitrogen and oxygen atoms in total. The quantitative estimate of drug-likeness (QED) is 0.772. The number of ether oxygens (including phenoxy) is 1. The summed E-state index contributed by atoms with van der Waals surface area (Å²) >= 11 is 15.0. The smallest absolute Gasteiger partial charge is 0.162 e. The lowest BCUT2D eigenvalue weighted by Gasteiger charge is -2.04. The van der Waals surface area contributed by atoms with Crippen molar-refractivity contribution < 1.29 is 4.74 Å². The summed E-state index contributed by atoms with van der Waals surface area (Å²) in [6, 6.07) is 7.33. The van der Waals surface area contributed by atoms with Gasteiger partial charge in [-0.05, 0) is 40.2 Å². The Bertz CT molecular complexity index is 523. The fraction of sp³-hybridized carbons (Fsp3) is 0.0909. The molecule has 2 aromatic rings. The summed E-state index contributed by atoms with van der Waals surface area (Å²) in [4.78, 5) is 8.28. The minimum absolute atomic E-state index is 0.288. The standard InChI is InChI=1S/C11H7BrCl2N2O/c1-17-7-4-2-6(3-5-7)11-15-9(13)8(12)10(14)16-11/h2-5H,1H3. The van der Waals surface area contributed by atoms with E-state index in [9.17, 15) is 0 Å². The molecule has 0 aliphatic heterocycles. The molecule has 88 valence electrons. The van der Waals surface area contributed by atoms with Crippen molar-refractivity contribution in [2.24, 2.45) is 0 Å². The maximum Gasteiger partial charge on any atom is 0.162 e. The van der Waals surface area contributed by atoms with E-state index in [0.29, 0.717) is 10.3 Å². The van der Waals surface area contributed by atoms with E-state index in [1.807, 2.05) is 24.3 Å². The van der Waals surface area contributed by atoms with Crippen LogP contribution < -0.4 is 4.74 Å². The molecule has 1 aromatic heterocycles. The number of benzene rings is 1. The number of aromatic nitrogens is 2. The monoisotopic (exact) mass is 332 g/mol. The molecule has 0 aliphatic rings. The molecule has 0 spiro atoms. The maximum atomic E-state index is 5.92. The van der Waals surface area contributed by atoms with Crippen LogP contribution in [0.4, 0.5) is 0 Å². The van der Waals surface area contributed by atoms with Gasteiger partial charge in [-0.2, -0.15) is 0 Å². The fourth-order valence-corrected chi connectivity index (χ4v) is 1.83. The molecule has 0 fully saturated rings. The first-order chi connectivity index (χ1) is 8.11. The van der Waals surface area contributed by atoms with Crippen molar-refractivity contribution >= 4 is 39.1 Å². The number of rotatable bonds is 2. The molecule has 1 heterocycles. The largest absolute Gasteiger partial charge is 0.497 e. The SMILES string of the molecule is COc1ccc(-c2nc(Cl)c(Br)c(Cl)n2)cc1.